The first-order chi connectivity index (χ1) is 13.4. The topological polar surface area (TPSA) is 47.3 Å². The van der Waals surface area contributed by atoms with Crippen LogP contribution in [0.15, 0.2) is 69.6 Å². The molecule has 2 aromatic carbocycles. The highest BCUT2D eigenvalue weighted by Gasteiger charge is 2.16. The zero-order chi connectivity index (χ0) is 19.8. The van der Waals surface area contributed by atoms with Crippen molar-refractivity contribution in [2.24, 2.45) is 0 Å². The molecule has 2 aromatic heterocycles. The van der Waals surface area contributed by atoms with Crippen molar-refractivity contribution in [1.82, 2.24) is 14.6 Å². The minimum absolute atomic E-state index is 0.193. The lowest BCUT2D eigenvalue weighted by Gasteiger charge is -2.13. The van der Waals surface area contributed by atoms with E-state index in [0.717, 1.165) is 23.9 Å². The molecule has 9 heteroatoms. The Balaban J connectivity index is 1.95. The molecule has 0 bridgehead atoms. The molecular weight excluding hydrogens is 427 g/mol. The lowest BCUT2D eigenvalue weighted by atomic mass is 10.1. The Kier molecular flexibility index (Phi) is 5.05. The molecule has 0 spiro atoms. The van der Waals surface area contributed by atoms with Crippen LogP contribution in [0.25, 0.3) is 16.6 Å². The Morgan fingerprint density at radius 2 is 1.75 bits per heavy atom. The first-order valence-corrected chi connectivity index (χ1v) is 9.46. The van der Waals surface area contributed by atoms with Crippen LogP contribution < -0.4 is 5.56 Å². The molecular formula is C19H9Cl2F2N3OS. The van der Waals surface area contributed by atoms with Gasteiger partial charge < -0.3 is 0 Å². The van der Waals surface area contributed by atoms with E-state index in [-0.39, 0.29) is 4.90 Å². The second kappa shape index (κ2) is 7.50. The highest BCUT2D eigenvalue weighted by atomic mass is 35.5. The van der Waals surface area contributed by atoms with Crippen LogP contribution in [-0.2, 0) is 0 Å². The van der Waals surface area contributed by atoms with Gasteiger partial charge in [0.2, 0.25) is 0 Å². The van der Waals surface area contributed by atoms with E-state index in [9.17, 15) is 13.6 Å². The molecule has 0 radical (unpaired) electrons. The van der Waals surface area contributed by atoms with E-state index in [4.69, 9.17) is 23.2 Å². The molecule has 0 unspecified atom stereocenters. The molecule has 0 fully saturated rings. The molecule has 0 saturated heterocycles. The molecule has 28 heavy (non-hydrogen) atoms. The number of nitrogens with zero attached hydrogens (tertiary/aromatic N) is 3. The normalized spacial score (nSPS) is 11.1. The van der Waals surface area contributed by atoms with Crippen molar-refractivity contribution in [1.29, 1.82) is 0 Å². The molecule has 4 nitrogen and oxygen atoms in total. The largest absolute Gasteiger partial charge is 0.273 e. The molecule has 0 aliphatic heterocycles. The third-order valence-electron chi connectivity index (χ3n) is 3.89. The lowest BCUT2D eigenvalue weighted by Crippen LogP contribution is -2.09. The Labute approximate surface area is 171 Å². The van der Waals surface area contributed by atoms with E-state index in [0.29, 0.717) is 31.7 Å². The molecule has 4 aromatic rings. The van der Waals surface area contributed by atoms with Crippen LogP contribution in [0.3, 0.4) is 0 Å². The summed E-state index contributed by atoms with van der Waals surface area (Å²) in [6.45, 7) is 0. The lowest BCUT2D eigenvalue weighted by molar-refractivity contribution is 0.565. The van der Waals surface area contributed by atoms with Crippen molar-refractivity contribution in [3.63, 3.8) is 0 Å². The second-order valence-corrected chi connectivity index (χ2v) is 7.60. The maximum absolute atomic E-state index is 14.1. The van der Waals surface area contributed by atoms with Gasteiger partial charge in [0.15, 0.2) is 0 Å². The van der Waals surface area contributed by atoms with Crippen LogP contribution >= 0.6 is 35.0 Å². The van der Waals surface area contributed by atoms with Crippen molar-refractivity contribution in [3.05, 3.63) is 86.9 Å². The summed E-state index contributed by atoms with van der Waals surface area (Å²) in [5, 5.41) is 5.50. The van der Waals surface area contributed by atoms with Gasteiger partial charge in [-0.1, -0.05) is 41.0 Å². The Bertz CT molecular complexity index is 1260. The number of aromatic nitrogens is 3. The molecule has 2 heterocycles. The van der Waals surface area contributed by atoms with Crippen molar-refractivity contribution in [3.8, 4) is 11.1 Å². The van der Waals surface area contributed by atoms with E-state index < -0.39 is 17.2 Å². The van der Waals surface area contributed by atoms with Crippen molar-refractivity contribution in [2.45, 2.75) is 9.92 Å². The maximum Gasteiger partial charge on any atom is 0.273 e. The molecule has 0 saturated carbocycles. The summed E-state index contributed by atoms with van der Waals surface area (Å²) in [6.07, 6.45) is 1.26. The van der Waals surface area contributed by atoms with Crippen LogP contribution in [0.5, 0.6) is 0 Å². The van der Waals surface area contributed by atoms with Gasteiger partial charge in [-0.15, -0.1) is 0 Å². The summed E-state index contributed by atoms with van der Waals surface area (Å²) in [4.78, 5) is 15.7. The quantitative estimate of drug-likeness (QED) is 0.426. The fraction of sp³-hybridized carbons (Fsp3) is 0. The zero-order valence-electron chi connectivity index (χ0n) is 13.9. The SMILES string of the molecule is O=c1cc2c(-c3c(Cl)cccc3Cl)cc(Sc3ccc(F)cc3F)nn2cn1. The fourth-order valence-electron chi connectivity index (χ4n) is 2.68. The van der Waals surface area contributed by atoms with E-state index in [1.165, 1.54) is 23.0 Å². The molecule has 0 aliphatic rings. The third-order valence-corrected chi connectivity index (χ3v) is 5.48. The molecule has 4 rings (SSSR count). The monoisotopic (exact) mass is 435 g/mol. The summed E-state index contributed by atoms with van der Waals surface area (Å²) in [7, 11) is 0. The Morgan fingerprint density at radius 3 is 2.46 bits per heavy atom. The van der Waals surface area contributed by atoms with Gasteiger partial charge in [0.05, 0.1) is 5.52 Å². The van der Waals surface area contributed by atoms with Gasteiger partial charge in [-0.05, 0) is 30.3 Å². The predicted octanol–water partition coefficient (Wildman–Crippen LogP) is 5.49. The van der Waals surface area contributed by atoms with Gasteiger partial charge in [0, 0.05) is 38.2 Å². The van der Waals surface area contributed by atoms with Crippen LogP contribution in [0.2, 0.25) is 10.0 Å². The summed E-state index contributed by atoms with van der Waals surface area (Å²) < 4.78 is 28.6. The average Bonchev–Trinajstić information content (AvgIpc) is 2.64. The van der Waals surface area contributed by atoms with E-state index >= 15 is 0 Å². The minimum Gasteiger partial charge on any atom is -0.267 e. The highest BCUT2D eigenvalue weighted by Crippen LogP contribution is 2.39. The fourth-order valence-corrected chi connectivity index (χ4v) is 4.11. The smallest absolute Gasteiger partial charge is 0.267 e. The first kappa shape index (κ1) is 18.9. The van der Waals surface area contributed by atoms with Crippen molar-refractivity contribution >= 4 is 40.5 Å². The number of hydrogen-bond acceptors (Lipinski definition) is 4. The molecule has 0 N–H and O–H groups in total. The number of hydrogen-bond donors (Lipinski definition) is 0. The minimum atomic E-state index is -0.706. The first-order valence-electron chi connectivity index (χ1n) is 7.89. The third kappa shape index (κ3) is 3.61. The summed E-state index contributed by atoms with van der Waals surface area (Å²) in [5.74, 6) is -1.37. The van der Waals surface area contributed by atoms with Crippen LogP contribution in [0.1, 0.15) is 0 Å². The number of rotatable bonds is 3. The summed E-state index contributed by atoms with van der Waals surface area (Å²) in [6, 6.07) is 11.3. The zero-order valence-corrected chi connectivity index (χ0v) is 16.2. The van der Waals surface area contributed by atoms with Crippen LogP contribution in [-0.4, -0.2) is 14.6 Å². The molecule has 0 atom stereocenters. The van der Waals surface area contributed by atoms with Crippen molar-refractivity contribution < 1.29 is 8.78 Å². The van der Waals surface area contributed by atoms with Crippen LogP contribution in [0.4, 0.5) is 8.78 Å². The van der Waals surface area contributed by atoms with Gasteiger partial charge in [-0.3, -0.25) is 4.79 Å². The standard InChI is InChI=1S/C19H9Cl2F2N3OS/c20-12-2-1-3-13(21)19(12)11-7-18(25-26-9-24-17(27)8-15(11)26)28-16-5-4-10(22)6-14(16)23/h1-9H. The number of halogens is 4. The van der Waals surface area contributed by atoms with Gasteiger partial charge in [-0.25, -0.2) is 13.3 Å². The van der Waals surface area contributed by atoms with Gasteiger partial charge >= 0.3 is 0 Å². The summed E-state index contributed by atoms with van der Waals surface area (Å²) in [5.41, 5.74) is 1.04. The molecule has 0 amide bonds. The second-order valence-electron chi connectivity index (χ2n) is 5.73. The molecule has 0 aliphatic carbocycles. The van der Waals surface area contributed by atoms with E-state index in [1.54, 1.807) is 24.3 Å². The molecule has 140 valence electrons. The van der Waals surface area contributed by atoms with Gasteiger partial charge in [0.25, 0.3) is 5.56 Å². The maximum atomic E-state index is 14.1. The highest BCUT2D eigenvalue weighted by molar-refractivity contribution is 7.99. The number of fused-ring (bicyclic) bond motifs is 1. The van der Waals surface area contributed by atoms with Crippen molar-refractivity contribution in [2.75, 3.05) is 0 Å². The summed E-state index contributed by atoms with van der Waals surface area (Å²) >= 11 is 13.7. The van der Waals surface area contributed by atoms with Gasteiger partial charge in [-0.2, -0.15) is 10.1 Å². The van der Waals surface area contributed by atoms with E-state index in [1.807, 2.05) is 0 Å². The number of benzene rings is 2. The predicted molar refractivity (Wildman–Crippen MR) is 105 cm³/mol. The van der Waals surface area contributed by atoms with E-state index in [2.05, 4.69) is 10.1 Å². The Morgan fingerprint density at radius 1 is 1.00 bits per heavy atom. The van der Waals surface area contributed by atoms with Crippen LogP contribution in [0, 0.1) is 11.6 Å². The van der Waals surface area contributed by atoms with Gasteiger partial charge in [0.1, 0.15) is 23.0 Å². The average molecular weight is 436 g/mol. The Hall–Kier alpha value is -2.48.